The summed E-state index contributed by atoms with van der Waals surface area (Å²) in [5.74, 6) is 1.14. The molecule has 0 atom stereocenters. The summed E-state index contributed by atoms with van der Waals surface area (Å²) in [5, 5.41) is 6.48. The summed E-state index contributed by atoms with van der Waals surface area (Å²) >= 11 is 1.44. The molecule has 0 saturated carbocycles. The number of aromatic nitrogens is 1. The SMILES string of the molecule is CC(C)N=c1scc(-c2ccccc2F)n1N=Cc1ccc2c(c1)OCCO2. The lowest BCUT2D eigenvalue weighted by Crippen LogP contribution is -2.16. The fourth-order valence-corrected chi connectivity index (χ4v) is 3.80. The number of hydrogen-bond donors (Lipinski definition) is 0. The maximum absolute atomic E-state index is 14.4. The second kappa shape index (κ2) is 7.98. The molecular formula is C21H20FN3O2S. The molecule has 5 nitrogen and oxygen atoms in total. The smallest absolute Gasteiger partial charge is 0.206 e. The number of rotatable bonds is 4. The Morgan fingerprint density at radius 3 is 2.68 bits per heavy atom. The highest BCUT2D eigenvalue weighted by Crippen LogP contribution is 2.30. The molecule has 0 aliphatic carbocycles. The van der Waals surface area contributed by atoms with E-state index < -0.39 is 0 Å². The Balaban J connectivity index is 1.77. The minimum absolute atomic E-state index is 0.0999. The molecule has 0 spiro atoms. The van der Waals surface area contributed by atoms with Crippen LogP contribution in [0.4, 0.5) is 4.39 Å². The van der Waals surface area contributed by atoms with Crippen molar-refractivity contribution in [2.45, 2.75) is 19.9 Å². The highest BCUT2D eigenvalue weighted by Gasteiger charge is 2.13. The lowest BCUT2D eigenvalue weighted by atomic mass is 10.1. The van der Waals surface area contributed by atoms with Crippen LogP contribution in [0.15, 0.2) is 57.9 Å². The molecule has 0 bridgehead atoms. The quantitative estimate of drug-likeness (QED) is 0.616. The molecule has 0 saturated heterocycles. The van der Waals surface area contributed by atoms with Gasteiger partial charge in [-0.05, 0) is 49.7 Å². The zero-order chi connectivity index (χ0) is 19.5. The Hall–Kier alpha value is -2.93. The summed E-state index contributed by atoms with van der Waals surface area (Å²) < 4.78 is 27.2. The first-order valence-corrected chi connectivity index (χ1v) is 9.93. The highest BCUT2D eigenvalue weighted by molar-refractivity contribution is 7.07. The van der Waals surface area contributed by atoms with Crippen molar-refractivity contribution in [2.75, 3.05) is 13.2 Å². The summed E-state index contributed by atoms with van der Waals surface area (Å²) in [4.78, 5) is 5.33. The average molecular weight is 397 g/mol. The van der Waals surface area contributed by atoms with Crippen LogP contribution in [0.2, 0.25) is 0 Å². The van der Waals surface area contributed by atoms with Gasteiger partial charge in [-0.3, -0.25) is 4.99 Å². The van der Waals surface area contributed by atoms with Gasteiger partial charge in [0, 0.05) is 17.0 Å². The Morgan fingerprint density at radius 1 is 1.11 bits per heavy atom. The number of fused-ring (bicyclic) bond motifs is 1. The first-order valence-electron chi connectivity index (χ1n) is 9.05. The minimum Gasteiger partial charge on any atom is -0.486 e. The van der Waals surface area contributed by atoms with E-state index in [9.17, 15) is 4.39 Å². The molecule has 0 unspecified atom stereocenters. The van der Waals surface area contributed by atoms with E-state index in [4.69, 9.17) is 9.47 Å². The second-order valence-corrected chi connectivity index (χ2v) is 7.40. The third kappa shape index (κ3) is 3.84. The van der Waals surface area contributed by atoms with Crippen LogP contribution in [-0.4, -0.2) is 30.1 Å². The highest BCUT2D eigenvalue weighted by atomic mass is 32.1. The molecule has 7 heteroatoms. The molecule has 3 aromatic rings. The summed E-state index contributed by atoms with van der Waals surface area (Å²) in [6.07, 6.45) is 1.72. The van der Waals surface area contributed by atoms with Crippen LogP contribution < -0.4 is 14.3 Å². The van der Waals surface area contributed by atoms with Gasteiger partial charge in [-0.2, -0.15) is 5.10 Å². The van der Waals surface area contributed by atoms with Crippen LogP contribution in [0.25, 0.3) is 11.3 Å². The molecule has 0 amide bonds. The van der Waals surface area contributed by atoms with Gasteiger partial charge in [0.1, 0.15) is 19.0 Å². The van der Waals surface area contributed by atoms with Gasteiger partial charge in [0.05, 0.1) is 11.9 Å². The first-order chi connectivity index (χ1) is 13.6. The topological polar surface area (TPSA) is 48.1 Å². The van der Waals surface area contributed by atoms with Crippen molar-refractivity contribution >= 4 is 17.6 Å². The number of hydrogen-bond acceptors (Lipinski definition) is 5. The van der Waals surface area contributed by atoms with Crippen LogP contribution in [0.5, 0.6) is 11.5 Å². The van der Waals surface area contributed by atoms with E-state index in [1.54, 1.807) is 23.0 Å². The van der Waals surface area contributed by atoms with Gasteiger partial charge in [-0.15, -0.1) is 11.3 Å². The van der Waals surface area contributed by atoms with Crippen molar-refractivity contribution in [3.05, 3.63) is 64.0 Å². The first kappa shape index (κ1) is 18.4. The van der Waals surface area contributed by atoms with Gasteiger partial charge in [-0.25, -0.2) is 9.07 Å². The molecule has 2 aromatic carbocycles. The number of halogens is 1. The second-order valence-electron chi connectivity index (χ2n) is 6.57. The zero-order valence-electron chi connectivity index (χ0n) is 15.6. The molecule has 1 aliphatic rings. The third-order valence-electron chi connectivity index (χ3n) is 4.09. The third-order valence-corrected chi connectivity index (χ3v) is 4.92. The molecule has 4 rings (SSSR count). The maximum atomic E-state index is 14.4. The van der Waals surface area contributed by atoms with Gasteiger partial charge in [0.15, 0.2) is 11.5 Å². The van der Waals surface area contributed by atoms with Crippen molar-refractivity contribution in [3.63, 3.8) is 0 Å². The van der Waals surface area contributed by atoms with E-state index in [-0.39, 0.29) is 11.9 Å². The zero-order valence-corrected chi connectivity index (χ0v) is 16.4. The average Bonchev–Trinajstić information content (AvgIpc) is 3.08. The van der Waals surface area contributed by atoms with Crippen molar-refractivity contribution in [1.82, 2.24) is 4.68 Å². The number of nitrogens with zero attached hydrogens (tertiary/aromatic N) is 3. The monoisotopic (exact) mass is 397 g/mol. The maximum Gasteiger partial charge on any atom is 0.206 e. The van der Waals surface area contributed by atoms with E-state index >= 15 is 0 Å². The fourth-order valence-electron chi connectivity index (χ4n) is 2.84. The van der Waals surface area contributed by atoms with Crippen LogP contribution in [0.3, 0.4) is 0 Å². The predicted molar refractivity (Wildman–Crippen MR) is 109 cm³/mol. The molecule has 2 heterocycles. The van der Waals surface area contributed by atoms with Crippen molar-refractivity contribution < 1.29 is 13.9 Å². The molecule has 144 valence electrons. The van der Waals surface area contributed by atoms with Gasteiger partial charge in [-0.1, -0.05) is 12.1 Å². The molecular weight excluding hydrogens is 377 g/mol. The van der Waals surface area contributed by atoms with Crippen molar-refractivity contribution in [1.29, 1.82) is 0 Å². The van der Waals surface area contributed by atoms with Crippen molar-refractivity contribution in [3.8, 4) is 22.8 Å². The summed E-state index contributed by atoms with van der Waals surface area (Å²) in [6.45, 7) is 5.08. The van der Waals surface area contributed by atoms with E-state index in [1.165, 1.54) is 17.4 Å². The fraction of sp³-hybridized carbons (Fsp3) is 0.238. The number of thiazole rings is 1. The summed E-state index contributed by atoms with van der Waals surface area (Å²) in [6, 6.07) is 12.4. The van der Waals surface area contributed by atoms with Gasteiger partial charge in [0.25, 0.3) is 0 Å². The Morgan fingerprint density at radius 2 is 1.89 bits per heavy atom. The van der Waals surface area contributed by atoms with Crippen LogP contribution in [-0.2, 0) is 0 Å². The summed E-state index contributed by atoms with van der Waals surface area (Å²) in [7, 11) is 0. The number of ether oxygens (including phenoxy) is 2. The molecule has 1 aromatic heterocycles. The molecule has 0 fully saturated rings. The molecule has 1 aliphatic heterocycles. The van der Waals surface area contributed by atoms with Gasteiger partial charge >= 0.3 is 0 Å². The van der Waals surface area contributed by atoms with E-state index in [1.807, 2.05) is 43.5 Å². The lowest BCUT2D eigenvalue weighted by Gasteiger charge is -2.18. The summed E-state index contributed by atoms with van der Waals surface area (Å²) in [5.41, 5.74) is 2.01. The molecule has 0 radical (unpaired) electrons. The minimum atomic E-state index is -0.292. The van der Waals surface area contributed by atoms with E-state index in [0.717, 1.165) is 11.3 Å². The Bertz CT molecular complexity index is 1090. The number of benzene rings is 2. The Labute approximate surface area is 166 Å². The predicted octanol–water partition coefficient (Wildman–Crippen LogP) is 4.32. The van der Waals surface area contributed by atoms with E-state index in [0.29, 0.717) is 35.0 Å². The molecule has 28 heavy (non-hydrogen) atoms. The van der Waals surface area contributed by atoms with Gasteiger partial charge in [0.2, 0.25) is 4.80 Å². The van der Waals surface area contributed by atoms with Crippen LogP contribution in [0, 0.1) is 5.82 Å². The molecule has 0 N–H and O–H groups in total. The van der Waals surface area contributed by atoms with Crippen LogP contribution in [0.1, 0.15) is 19.4 Å². The largest absolute Gasteiger partial charge is 0.486 e. The van der Waals surface area contributed by atoms with Crippen LogP contribution >= 0.6 is 11.3 Å². The standard InChI is InChI=1S/C21H20FN3O2S/c1-14(2)24-21-25(18(13-28-21)16-5-3-4-6-17(16)22)23-12-15-7-8-19-20(11-15)27-10-9-26-19/h3-8,11-14H,9-10H2,1-2H3. The van der Waals surface area contributed by atoms with Crippen molar-refractivity contribution in [2.24, 2.45) is 10.1 Å². The normalized spacial score (nSPS) is 14.2. The van der Waals surface area contributed by atoms with E-state index in [2.05, 4.69) is 10.1 Å². The van der Waals surface area contributed by atoms with Gasteiger partial charge < -0.3 is 9.47 Å². The lowest BCUT2D eigenvalue weighted by molar-refractivity contribution is 0.171. The Kier molecular flexibility index (Phi) is 5.25.